The number of amides is 4. The van der Waals surface area contributed by atoms with Crippen molar-refractivity contribution in [1.29, 1.82) is 0 Å². The number of hydrogen-bond acceptors (Lipinski definition) is 8. The third-order valence-electron chi connectivity index (χ3n) is 4.26. The minimum Gasteiger partial charge on any atom is -0.508 e. The van der Waals surface area contributed by atoms with Gasteiger partial charge in [0.25, 0.3) is 0 Å². The minimum absolute atomic E-state index is 0.0369. The van der Waals surface area contributed by atoms with Crippen molar-refractivity contribution >= 4 is 29.6 Å². The molecule has 13 nitrogen and oxygen atoms in total. The molecule has 0 aromatic heterocycles. The zero-order valence-electron chi connectivity index (χ0n) is 17.3. The Hall–Kier alpha value is -3.71. The molecule has 0 radical (unpaired) electrons. The first-order valence-corrected chi connectivity index (χ1v) is 9.51. The van der Waals surface area contributed by atoms with Crippen molar-refractivity contribution in [3.05, 3.63) is 29.8 Å². The number of nitrogens with two attached hydrogens (primary N) is 2. The SMILES string of the molecule is CC(N)C(=O)NC(CC(N)=O)C(=O)NC(Cc1ccc(O)cc1)C(=O)NC(CO)C(=O)O. The van der Waals surface area contributed by atoms with Gasteiger partial charge in [-0.3, -0.25) is 19.2 Å². The number of carboxylic acids is 1. The van der Waals surface area contributed by atoms with Gasteiger partial charge in [0.2, 0.25) is 23.6 Å². The number of rotatable bonds is 12. The van der Waals surface area contributed by atoms with E-state index in [0.717, 1.165) is 0 Å². The number of aliphatic hydroxyl groups is 1. The molecule has 0 spiro atoms. The van der Waals surface area contributed by atoms with Crippen molar-refractivity contribution in [3.8, 4) is 5.75 Å². The molecule has 0 saturated heterocycles. The molecule has 4 unspecified atom stereocenters. The van der Waals surface area contributed by atoms with Crippen LogP contribution in [-0.4, -0.2) is 75.7 Å². The van der Waals surface area contributed by atoms with E-state index in [0.29, 0.717) is 5.56 Å². The summed E-state index contributed by atoms with van der Waals surface area (Å²) in [6.07, 6.45) is -0.716. The second-order valence-corrected chi connectivity index (χ2v) is 7.03. The Morgan fingerprint density at radius 1 is 0.906 bits per heavy atom. The fourth-order valence-electron chi connectivity index (χ4n) is 2.52. The Bertz CT molecular complexity index is 843. The summed E-state index contributed by atoms with van der Waals surface area (Å²) in [5, 5.41) is 34.3. The highest BCUT2D eigenvalue weighted by Gasteiger charge is 2.30. The van der Waals surface area contributed by atoms with Crippen molar-refractivity contribution in [2.45, 2.75) is 43.9 Å². The van der Waals surface area contributed by atoms with Gasteiger partial charge in [0.15, 0.2) is 0 Å². The Labute approximate surface area is 183 Å². The van der Waals surface area contributed by atoms with Gasteiger partial charge in [-0.2, -0.15) is 0 Å². The molecule has 176 valence electrons. The smallest absolute Gasteiger partial charge is 0.328 e. The minimum atomic E-state index is -1.62. The second kappa shape index (κ2) is 12.2. The van der Waals surface area contributed by atoms with E-state index in [4.69, 9.17) is 21.7 Å². The van der Waals surface area contributed by atoms with Gasteiger partial charge >= 0.3 is 5.97 Å². The van der Waals surface area contributed by atoms with Crippen molar-refractivity contribution in [2.75, 3.05) is 6.61 Å². The van der Waals surface area contributed by atoms with Crippen LogP contribution in [0.3, 0.4) is 0 Å². The lowest BCUT2D eigenvalue weighted by atomic mass is 10.0. The monoisotopic (exact) mass is 453 g/mol. The van der Waals surface area contributed by atoms with Crippen LogP contribution in [0.25, 0.3) is 0 Å². The predicted molar refractivity (Wildman–Crippen MR) is 110 cm³/mol. The van der Waals surface area contributed by atoms with Crippen molar-refractivity contribution in [2.24, 2.45) is 11.5 Å². The average molecular weight is 453 g/mol. The molecular formula is C19H27N5O8. The van der Waals surface area contributed by atoms with E-state index in [-0.39, 0.29) is 12.2 Å². The van der Waals surface area contributed by atoms with Gasteiger partial charge in [-0.05, 0) is 24.6 Å². The summed E-state index contributed by atoms with van der Waals surface area (Å²) in [6.45, 7) is 0.465. The van der Waals surface area contributed by atoms with Gasteiger partial charge in [-0.1, -0.05) is 12.1 Å². The lowest BCUT2D eigenvalue weighted by Gasteiger charge is -2.24. The van der Waals surface area contributed by atoms with Crippen LogP contribution in [0.15, 0.2) is 24.3 Å². The standard InChI is InChI=1S/C19H27N5O8/c1-9(20)16(28)22-13(7-15(21)27)18(30)23-12(6-10-2-4-11(26)5-3-10)17(29)24-14(8-25)19(31)32/h2-5,9,12-14,25-26H,6-8,20H2,1H3,(H2,21,27)(H,22,28)(H,23,30)(H,24,29)(H,31,32). The topological polar surface area (TPSA) is 234 Å². The summed E-state index contributed by atoms with van der Waals surface area (Å²) in [4.78, 5) is 59.7. The van der Waals surface area contributed by atoms with Gasteiger partial charge in [-0.25, -0.2) is 4.79 Å². The first-order chi connectivity index (χ1) is 14.9. The molecule has 0 aliphatic carbocycles. The summed E-state index contributed by atoms with van der Waals surface area (Å²) in [6, 6.07) is 0.230. The fourth-order valence-corrected chi connectivity index (χ4v) is 2.52. The highest BCUT2D eigenvalue weighted by atomic mass is 16.4. The number of benzene rings is 1. The van der Waals surface area contributed by atoms with Crippen LogP contribution in [0.4, 0.5) is 0 Å². The summed E-state index contributed by atoms with van der Waals surface area (Å²) >= 11 is 0. The van der Waals surface area contributed by atoms with Crippen LogP contribution in [0.1, 0.15) is 18.9 Å². The molecule has 0 fully saturated rings. The summed E-state index contributed by atoms with van der Waals surface area (Å²) in [5.41, 5.74) is 11.1. The Morgan fingerprint density at radius 3 is 1.88 bits per heavy atom. The van der Waals surface area contributed by atoms with E-state index in [9.17, 15) is 29.1 Å². The number of phenolic OH excluding ortho intramolecular Hbond substituents is 1. The molecule has 13 heteroatoms. The van der Waals surface area contributed by atoms with E-state index in [1.54, 1.807) is 0 Å². The third-order valence-corrected chi connectivity index (χ3v) is 4.26. The summed E-state index contributed by atoms with van der Waals surface area (Å²) in [7, 11) is 0. The number of aliphatic hydroxyl groups excluding tert-OH is 1. The maximum Gasteiger partial charge on any atom is 0.328 e. The quantitative estimate of drug-likeness (QED) is 0.158. The molecule has 0 heterocycles. The highest BCUT2D eigenvalue weighted by molar-refractivity contribution is 5.96. The van der Waals surface area contributed by atoms with E-state index >= 15 is 0 Å². The van der Waals surface area contributed by atoms with E-state index in [2.05, 4.69) is 16.0 Å². The van der Waals surface area contributed by atoms with Crippen LogP contribution in [-0.2, 0) is 30.4 Å². The number of nitrogens with one attached hydrogen (secondary N) is 3. The number of carboxylic acid groups (broad SMARTS) is 1. The van der Waals surface area contributed by atoms with Crippen molar-refractivity contribution in [1.82, 2.24) is 16.0 Å². The first-order valence-electron chi connectivity index (χ1n) is 9.51. The second-order valence-electron chi connectivity index (χ2n) is 7.03. The molecule has 1 aromatic rings. The molecule has 10 N–H and O–H groups in total. The zero-order valence-corrected chi connectivity index (χ0v) is 17.3. The number of carbonyl (C=O) groups excluding carboxylic acids is 4. The Balaban J connectivity index is 3.11. The lowest BCUT2D eigenvalue weighted by Crippen LogP contribution is -2.58. The van der Waals surface area contributed by atoms with Gasteiger partial charge < -0.3 is 42.7 Å². The number of aromatic hydroxyl groups is 1. The fraction of sp³-hybridized carbons (Fsp3) is 0.421. The molecule has 1 rings (SSSR count). The Kier molecular flexibility index (Phi) is 10.1. The average Bonchev–Trinajstić information content (AvgIpc) is 2.71. The van der Waals surface area contributed by atoms with E-state index in [1.165, 1.54) is 31.2 Å². The van der Waals surface area contributed by atoms with Gasteiger partial charge in [0.05, 0.1) is 19.1 Å². The normalized spacial score (nSPS) is 14.3. The molecule has 0 saturated carbocycles. The van der Waals surface area contributed by atoms with Crippen LogP contribution >= 0.6 is 0 Å². The maximum absolute atomic E-state index is 12.7. The number of carbonyl (C=O) groups is 5. The molecule has 1 aromatic carbocycles. The highest BCUT2D eigenvalue weighted by Crippen LogP contribution is 2.12. The third kappa shape index (κ3) is 8.57. The number of phenols is 1. The zero-order chi connectivity index (χ0) is 24.4. The summed E-state index contributed by atoms with van der Waals surface area (Å²) < 4.78 is 0. The van der Waals surface area contributed by atoms with Crippen molar-refractivity contribution in [3.63, 3.8) is 0 Å². The predicted octanol–water partition coefficient (Wildman–Crippen LogP) is -3.31. The molecule has 0 aliphatic rings. The van der Waals surface area contributed by atoms with Crippen molar-refractivity contribution < 1.29 is 39.3 Å². The van der Waals surface area contributed by atoms with Crippen LogP contribution < -0.4 is 27.4 Å². The molecular weight excluding hydrogens is 426 g/mol. The van der Waals surface area contributed by atoms with E-state index in [1.807, 2.05) is 0 Å². The maximum atomic E-state index is 12.7. The molecule has 0 bridgehead atoms. The number of hydrogen-bond donors (Lipinski definition) is 8. The van der Waals surface area contributed by atoms with Crippen LogP contribution in [0.5, 0.6) is 5.75 Å². The van der Waals surface area contributed by atoms with Gasteiger partial charge in [0.1, 0.15) is 23.9 Å². The number of aliphatic carboxylic acids is 1. The van der Waals surface area contributed by atoms with E-state index < -0.39 is 66.8 Å². The van der Waals surface area contributed by atoms with Crippen LogP contribution in [0, 0.1) is 0 Å². The van der Waals surface area contributed by atoms with Gasteiger partial charge in [-0.15, -0.1) is 0 Å². The first kappa shape index (κ1) is 26.3. The summed E-state index contributed by atoms with van der Waals surface area (Å²) in [5.74, 6) is -5.05. The molecule has 4 amide bonds. The van der Waals surface area contributed by atoms with Gasteiger partial charge in [0, 0.05) is 6.42 Å². The molecule has 4 atom stereocenters. The molecule has 32 heavy (non-hydrogen) atoms. The van der Waals surface area contributed by atoms with Crippen LogP contribution in [0.2, 0.25) is 0 Å². The lowest BCUT2D eigenvalue weighted by molar-refractivity contribution is -0.143. The molecule has 0 aliphatic heterocycles. The largest absolute Gasteiger partial charge is 0.508 e. The number of primary amides is 1. The Morgan fingerprint density at radius 2 is 1.41 bits per heavy atom.